The SMILES string of the molecule is CC(C)C(=O)N1C[C@H]2CC[C@@H](C1)C2C(=O)NCCc1cccs1. The minimum atomic E-state index is 0.0468. The number of fused-ring (bicyclic) bond motifs is 2. The molecule has 1 aromatic rings. The van der Waals surface area contributed by atoms with Gasteiger partial charge in [-0.3, -0.25) is 9.59 Å². The van der Waals surface area contributed by atoms with Gasteiger partial charge in [0.2, 0.25) is 11.8 Å². The number of nitrogens with one attached hydrogen (secondary N) is 1. The summed E-state index contributed by atoms with van der Waals surface area (Å²) in [5.41, 5.74) is 0. The summed E-state index contributed by atoms with van der Waals surface area (Å²) in [5.74, 6) is 1.28. The van der Waals surface area contributed by atoms with E-state index in [9.17, 15) is 9.59 Å². The quantitative estimate of drug-likeness (QED) is 0.900. The lowest BCUT2D eigenvalue weighted by Gasteiger charge is -2.38. The predicted molar refractivity (Wildman–Crippen MR) is 92.2 cm³/mol. The number of hydrogen-bond donors (Lipinski definition) is 1. The van der Waals surface area contributed by atoms with Gasteiger partial charge in [0.05, 0.1) is 0 Å². The van der Waals surface area contributed by atoms with Crippen LogP contribution >= 0.6 is 11.3 Å². The minimum Gasteiger partial charge on any atom is -0.355 e. The molecule has 2 heterocycles. The number of thiophene rings is 1. The number of rotatable bonds is 5. The lowest BCUT2D eigenvalue weighted by atomic mass is 9.84. The van der Waals surface area contributed by atoms with Crippen LogP contribution in [-0.4, -0.2) is 36.3 Å². The molecule has 0 spiro atoms. The molecule has 1 aliphatic heterocycles. The van der Waals surface area contributed by atoms with Crippen LogP contribution in [0.2, 0.25) is 0 Å². The lowest BCUT2D eigenvalue weighted by molar-refractivity contribution is -0.141. The topological polar surface area (TPSA) is 49.4 Å². The van der Waals surface area contributed by atoms with Crippen LogP contribution in [0.1, 0.15) is 31.6 Å². The van der Waals surface area contributed by atoms with Crippen LogP contribution in [0.3, 0.4) is 0 Å². The van der Waals surface area contributed by atoms with E-state index in [0.29, 0.717) is 18.4 Å². The first-order chi connectivity index (χ1) is 11.1. The second-order valence-electron chi connectivity index (χ2n) is 7.14. The van der Waals surface area contributed by atoms with E-state index < -0.39 is 0 Å². The predicted octanol–water partition coefficient (Wildman–Crippen LogP) is 2.55. The van der Waals surface area contributed by atoms with Gasteiger partial charge in [-0.1, -0.05) is 19.9 Å². The number of carbonyl (C=O) groups excluding carboxylic acids is 2. The summed E-state index contributed by atoms with van der Waals surface area (Å²) in [6.07, 6.45) is 3.06. The molecular weight excluding hydrogens is 308 g/mol. The van der Waals surface area contributed by atoms with Gasteiger partial charge in [0, 0.05) is 36.3 Å². The van der Waals surface area contributed by atoms with Gasteiger partial charge in [0.25, 0.3) is 0 Å². The molecule has 5 heteroatoms. The first-order valence-electron chi connectivity index (χ1n) is 8.65. The molecule has 2 bridgehead atoms. The van der Waals surface area contributed by atoms with Crippen molar-refractivity contribution in [3.05, 3.63) is 22.4 Å². The number of hydrogen-bond acceptors (Lipinski definition) is 3. The Bertz CT molecular complexity index is 541. The molecular formula is C18H26N2O2S. The van der Waals surface area contributed by atoms with E-state index in [4.69, 9.17) is 0 Å². The molecule has 1 saturated carbocycles. The monoisotopic (exact) mass is 334 g/mol. The van der Waals surface area contributed by atoms with E-state index in [2.05, 4.69) is 16.8 Å². The third-order valence-electron chi connectivity index (χ3n) is 5.19. The molecule has 1 aliphatic carbocycles. The van der Waals surface area contributed by atoms with Gasteiger partial charge in [-0.15, -0.1) is 11.3 Å². The van der Waals surface area contributed by atoms with Gasteiger partial charge in [-0.05, 0) is 42.5 Å². The Morgan fingerprint density at radius 1 is 1.30 bits per heavy atom. The van der Waals surface area contributed by atoms with Crippen LogP contribution < -0.4 is 5.32 Å². The molecule has 126 valence electrons. The van der Waals surface area contributed by atoms with Crippen molar-refractivity contribution >= 4 is 23.2 Å². The van der Waals surface area contributed by atoms with E-state index in [0.717, 1.165) is 32.4 Å². The highest BCUT2D eigenvalue weighted by Gasteiger charge is 2.46. The third kappa shape index (κ3) is 3.60. The van der Waals surface area contributed by atoms with Crippen molar-refractivity contribution in [3.63, 3.8) is 0 Å². The molecule has 1 aromatic heterocycles. The summed E-state index contributed by atoms with van der Waals surface area (Å²) in [5, 5.41) is 5.19. The lowest BCUT2D eigenvalue weighted by Crippen LogP contribution is -2.50. The Morgan fingerprint density at radius 3 is 2.57 bits per heavy atom. The highest BCUT2D eigenvalue weighted by molar-refractivity contribution is 7.09. The second-order valence-corrected chi connectivity index (χ2v) is 8.17. The molecule has 3 atom stereocenters. The summed E-state index contributed by atoms with van der Waals surface area (Å²) >= 11 is 1.73. The van der Waals surface area contributed by atoms with Gasteiger partial charge in [-0.2, -0.15) is 0 Å². The Balaban J connectivity index is 1.53. The molecule has 0 aromatic carbocycles. The van der Waals surface area contributed by atoms with E-state index in [-0.39, 0.29) is 23.7 Å². The second kappa shape index (κ2) is 7.04. The smallest absolute Gasteiger partial charge is 0.225 e. The van der Waals surface area contributed by atoms with E-state index >= 15 is 0 Å². The standard InChI is InChI=1S/C18H26N2O2S/c1-12(2)18(22)20-10-13-5-6-14(11-20)16(13)17(21)19-8-7-15-4-3-9-23-15/h3-4,9,12-14,16H,5-8,10-11H2,1-2H3,(H,19,21)/t13-,14+,16?. The Labute approximate surface area is 142 Å². The molecule has 2 aliphatic rings. The summed E-state index contributed by atoms with van der Waals surface area (Å²) in [6.45, 7) is 6.14. The fourth-order valence-electron chi connectivity index (χ4n) is 4.08. The number of carbonyl (C=O) groups is 2. The number of likely N-dealkylation sites (tertiary alicyclic amines) is 1. The zero-order chi connectivity index (χ0) is 16.4. The molecule has 4 nitrogen and oxygen atoms in total. The summed E-state index contributed by atoms with van der Waals surface area (Å²) in [7, 11) is 0. The van der Waals surface area contributed by atoms with Crippen LogP contribution in [0.5, 0.6) is 0 Å². The first kappa shape index (κ1) is 16.5. The van der Waals surface area contributed by atoms with Gasteiger partial charge in [-0.25, -0.2) is 0 Å². The number of amides is 2. The molecule has 2 fully saturated rings. The van der Waals surface area contributed by atoms with Gasteiger partial charge in [0.1, 0.15) is 0 Å². The van der Waals surface area contributed by atoms with E-state index in [1.54, 1.807) is 11.3 Å². The van der Waals surface area contributed by atoms with Crippen LogP contribution in [-0.2, 0) is 16.0 Å². The van der Waals surface area contributed by atoms with Crippen molar-refractivity contribution in [2.75, 3.05) is 19.6 Å². The van der Waals surface area contributed by atoms with Crippen LogP contribution in [0.25, 0.3) is 0 Å². The van der Waals surface area contributed by atoms with Crippen molar-refractivity contribution < 1.29 is 9.59 Å². The first-order valence-corrected chi connectivity index (χ1v) is 9.53. The average molecular weight is 334 g/mol. The summed E-state index contributed by atoms with van der Waals surface area (Å²) in [4.78, 5) is 28.1. The molecule has 1 unspecified atom stereocenters. The summed E-state index contributed by atoms with van der Waals surface area (Å²) < 4.78 is 0. The van der Waals surface area contributed by atoms with Crippen molar-refractivity contribution in [3.8, 4) is 0 Å². The zero-order valence-corrected chi connectivity index (χ0v) is 14.8. The van der Waals surface area contributed by atoms with E-state index in [1.807, 2.05) is 24.8 Å². The van der Waals surface area contributed by atoms with Crippen LogP contribution in [0.15, 0.2) is 17.5 Å². The molecule has 2 amide bonds. The largest absolute Gasteiger partial charge is 0.355 e. The maximum atomic E-state index is 12.6. The highest BCUT2D eigenvalue weighted by atomic mass is 32.1. The fraction of sp³-hybridized carbons (Fsp3) is 0.667. The summed E-state index contributed by atoms with van der Waals surface area (Å²) in [6, 6.07) is 4.15. The number of nitrogens with zero attached hydrogens (tertiary/aromatic N) is 1. The normalized spacial score (nSPS) is 26.6. The Kier molecular flexibility index (Phi) is 5.05. The van der Waals surface area contributed by atoms with Crippen molar-refractivity contribution in [1.29, 1.82) is 0 Å². The van der Waals surface area contributed by atoms with Gasteiger partial charge < -0.3 is 10.2 Å². The maximum Gasteiger partial charge on any atom is 0.225 e. The average Bonchev–Trinajstić information content (AvgIpc) is 3.12. The zero-order valence-electron chi connectivity index (χ0n) is 14.0. The van der Waals surface area contributed by atoms with E-state index in [1.165, 1.54) is 4.88 Å². The third-order valence-corrected chi connectivity index (χ3v) is 6.13. The van der Waals surface area contributed by atoms with Crippen molar-refractivity contribution in [2.45, 2.75) is 33.1 Å². The molecule has 0 radical (unpaired) electrons. The van der Waals surface area contributed by atoms with Crippen molar-refractivity contribution in [2.24, 2.45) is 23.7 Å². The molecule has 3 rings (SSSR count). The van der Waals surface area contributed by atoms with Crippen LogP contribution in [0.4, 0.5) is 0 Å². The van der Waals surface area contributed by atoms with Gasteiger partial charge >= 0.3 is 0 Å². The highest BCUT2D eigenvalue weighted by Crippen LogP contribution is 2.42. The fourth-order valence-corrected chi connectivity index (χ4v) is 4.79. The molecule has 23 heavy (non-hydrogen) atoms. The van der Waals surface area contributed by atoms with Crippen molar-refractivity contribution in [1.82, 2.24) is 10.2 Å². The minimum absolute atomic E-state index is 0.0468. The molecule has 1 saturated heterocycles. The Morgan fingerprint density at radius 2 is 2.00 bits per heavy atom. The maximum absolute atomic E-state index is 12.6. The van der Waals surface area contributed by atoms with Crippen LogP contribution in [0, 0.1) is 23.7 Å². The number of piperidine rings is 1. The van der Waals surface area contributed by atoms with Gasteiger partial charge in [0.15, 0.2) is 0 Å². The molecule has 1 N–H and O–H groups in total. The Hall–Kier alpha value is -1.36.